The van der Waals surface area contributed by atoms with Crippen molar-refractivity contribution in [2.45, 2.75) is 27.2 Å². The summed E-state index contributed by atoms with van der Waals surface area (Å²) in [6, 6.07) is 8.13. The zero-order chi connectivity index (χ0) is 11.3. The van der Waals surface area contributed by atoms with E-state index >= 15 is 0 Å². The van der Waals surface area contributed by atoms with Gasteiger partial charge in [0.05, 0.1) is 0 Å². The maximum atomic E-state index is 5.30. The summed E-state index contributed by atoms with van der Waals surface area (Å²) >= 11 is 0. The van der Waals surface area contributed by atoms with Gasteiger partial charge in [-0.05, 0) is 29.5 Å². The van der Waals surface area contributed by atoms with Crippen molar-refractivity contribution in [1.82, 2.24) is 0 Å². The maximum Gasteiger partial charge on any atom is 0.148 e. The molecule has 1 heteroatoms. The van der Waals surface area contributed by atoms with Gasteiger partial charge in [-0.15, -0.1) is 6.42 Å². The second-order valence-electron chi connectivity index (χ2n) is 4.87. The Morgan fingerprint density at radius 2 is 1.80 bits per heavy atom. The average molecular weight is 202 g/mol. The molecule has 0 unspecified atom stereocenters. The Bertz CT molecular complexity index is 335. The van der Waals surface area contributed by atoms with Gasteiger partial charge in [0.15, 0.2) is 0 Å². The Kier molecular flexibility index (Phi) is 3.80. The van der Waals surface area contributed by atoms with Crippen LogP contribution in [0.4, 0.5) is 0 Å². The van der Waals surface area contributed by atoms with Crippen LogP contribution in [0.5, 0.6) is 5.75 Å². The number of hydrogen-bond donors (Lipinski definition) is 0. The molecule has 1 rings (SSSR count). The van der Waals surface area contributed by atoms with Crippen LogP contribution in [-0.2, 0) is 6.42 Å². The minimum Gasteiger partial charge on any atom is -0.481 e. The fourth-order valence-corrected chi connectivity index (χ4v) is 1.44. The van der Waals surface area contributed by atoms with Crippen LogP contribution in [0.2, 0.25) is 0 Å². The molecule has 80 valence electrons. The summed E-state index contributed by atoms with van der Waals surface area (Å²) in [4.78, 5) is 0. The third-order valence-corrected chi connectivity index (χ3v) is 1.98. The monoisotopic (exact) mass is 202 g/mol. The fraction of sp³-hybridized carbons (Fsp3) is 0.429. The molecule has 0 aliphatic carbocycles. The minimum atomic E-state index is 0.321. The van der Waals surface area contributed by atoms with Gasteiger partial charge in [-0.3, -0.25) is 0 Å². The standard InChI is InChI=1S/C14H18O/c1-5-10-15-13-8-6-12(7-9-13)11-14(2,3)4/h1,6-9H,10-11H2,2-4H3. The fourth-order valence-electron chi connectivity index (χ4n) is 1.44. The van der Waals surface area contributed by atoms with E-state index in [9.17, 15) is 0 Å². The van der Waals surface area contributed by atoms with Gasteiger partial charge >= 0.3 is 0 Å². The number of terminal acetylenes is 1. The summed E-state index contributed by atoms with van der Waals surface area (Å²) in [6.45, 7) is 7.03. The largest absolute Gasteiger partial charge is 0.481 e. The molecule has 0 spiro atoms. The van der Waals surface area contributed by atoms with Crippen molar-refractivity contribution in [3.05, 3.63) is 29.8 Å². The summed E-state index contributed by atoms with van der Waals surface area (Å²) in [5, 5.41) is 0. The topological polar surface area (TPSA) is 9.23 Å². The van der Waals surface area contributed by atoms with Gasteiger partial charge < -0.3 is 4.74 Å². The van der Waals surface area contributed by atoms with Crippen LogP contribution >= 0.6 is 0 Å². The molecule has 15 heavy (non-hydrogen) atoms. The quantitative estimate of drug-likeness (QED) is 0.683. The number of ether oxygens (including phenoxy) is 1. The third kappa shape index (κ3) is 4.56. The molecule has 0 heterocycles. The molecular weight excluding hydrogens is 184 g/mol. The first-order chi connectivity index (χ1) is 7.01. The molecule has 1 aromatic rings. The molecule has 1 nitrogen and oxygen atoms in total. The smallest absolute Gasteiger partial charge is 0.148 e. The van der Waals surface area contributed by atoms with E-state index in [0.29, 0.717) is 12.0 Å². The van der Waals surface area contributed by atoms with Crippen LogP contribution in [-0.4, -0.2) is 6.61 Å². The van der Waals surface area contributed by atoms with Crippen molar-refractivity contribution < 1.29 is 4.74 Å². The predicted molar refractivity (Wildman–Crippen MR) is 63.9 cm³/mol. The molecule has 0 radical (unpaired) electrons. The van der Waals surface area contributed by atoms with E-state index in [2.05, 4.69) is 38.8 Å². The highest BCUT2D eigenvalue weighted by molar-refractivity contribution is 5.28. The van der Waals surface area contributed by atoms with Gasteiger partial charge in [-0.1, -0.05) is 38.8 Å². The normalized spacial score (nSPS) is 10.8. The first-order valence-corrected chi connectivity index (χ1v) is 5.16. The van der Waals surface area contributed by atoms with Gasteiger partial charge in [0.1, 0.15) is 12.4 Å². The molecule has 0 N–H and O–H groups in total. The second kappa shape index (κ2) is 4.89. The molecule has 0 saturated carbocycles. The van der Waals surface area contributed by atoms with Crippen LogP contribution in [0.1, 0.15) is 26.3 Å². The lowest BCUT2D eigenvalue weighted by molar-refractivity contribution is 0.369. The van der Waals surface area contributed by atoms with Gasteiger partial charge in [-0.2, -0.15) is 0 Å². The molecular formula is C14H18O. The Balaban J connectivity index is 2.61. The summed E-state index contributed by atoms with van der Waals surface area (Å²) < 4.78 is 5.30. The van der Waals surface area contributed by atoms with Crippen molar-refractivity contribution in [3.63, 3.8) is 0 Å². The van der Waals surface area contributed by atoms with E-state index in [4.69, 9.17) is 11.2 Å². The molecule has 0 amide bonds. The van der Waals surface area contributed by atoms with Gasteiger partial charge in [0.25, 0.3) is 0 Å². The number of hydrogen-bond acceptors (Lipinski definition) is 1. The second-order valence-corrected chi connectivity index (χ2v) is 4.87. The van der Waals surface area contributed by atoms with Crippen LogP contribution in [0.25, 0.3) is 0 Å². The summed E-state index contributed by atoms with van der Waals surface area (Å²) in [5.41, 5.74) is 1.65. The minimum absolute atomic E-state index is 0.321. The Morgan fingerprint density at radius 1 is 1.20 bits per heavy atom. The molecule has 0 saturated heterocycles. The summed E-state index contributed by atoms with van der Waals surface area (Å²) in [6.07, 6.45) is 6.19. The lowest BCUT2D eigenvalue weighted by atomic mass is 9.88. The first kappa shape index (κ1) is 11.7. The van der Waals surface area contributed by atoms with Crippen LogP contribution in [0, 0.1) is 17.8 Å². The Labute approximate surface area is 92.5 Å². The van der Waals surface area contributed by atoms with Crippen molar-refractivity contribution in [3.8, 4) is 18.1 Å². The predicted octanol–water partition coefficient (Wildman–Crippen LogP) is 3.29. The van der Waals surface area contributed by atoms with E-state index in [1.807, 2.05) is 12.1 Å². The van der Waals surface area contributed by atoms with Crippen LogP contribution < -0.4 is 4.74 Å². The van der Waals surface area contributed by atoms with E-state index in [1.165, 1.54) is 5.56 Å². The van der Waals surface area contributed by atoms with Gasteiger partial charge in [-0.25, -0.2) is 0 Å². The molecule has 0 aliphatic rings. The van der Waals surface area contributed by atoms with E-state index in [-0.39, 0.29) is 0 Å². The summed E-state index contributed by atoms with van der Waals surface area (Å²) in [5.74, 6) is 3.29. The van der Waals surface area contributed by atoms with Crippen LogP contribution in [0.3, 0.4) is 0 Å². The zero-order valence-electron chi connectivity index (χ0n) is 9.71. The highest BCUT2D eigenvalue weighted by atomic mass is 16.5. The SMILES string of the molecule is C#CCOc1ccc(CC(C)(C)C)cc1. The van der Waals surface area contributed by atoms with Crippen LogP contribution in [0.15, 0.2) is 24.3 Å². The highest BCUT2D eigenvalue weighted by Gasteiger charge is 2.10. The summed E-state index contributed by atoms with van der Waals surface area (Å²) in [7, 11) is 0. The third-order valence-electron chi connectivity index (χ3n) is 1.98. The number of rotatable bonds is 3. The molecule has 0 aliphatic heterocycles. The lowest BCUT2D eigenvalue weighted by Crippen LogP contribution is -2.08. The van der Waals surface area contributed by atoms with Crippen molar-refractivity contribution in [2.24, 2.45) is 5.41 Å². The van der Waals surface area contributed by atoms with Crippen molar-refractivity contribution in [2.75, 3.05) is 6.61 Å². The Hall–Kier alpha value is -1.42. The molecule has 0 fully saturated rings. The van der Waals surface area contributed by atoms with Crippen molar-refractivity contribution in [1.29, 1.82) is 0 Å². The van der Waals surface area contributed by atoms with E-state index in [0.717, 1.165) is 12.2 Å². The number of benzene rings is 1. The molecule has 0 atom stereocenters. The Morgan fingerprint density at radius 3 is 2.27 bits per heavy atom. The average Bonchev–Trinajstić information content (AvgIpc) is 2.14. The van der Waals surface area contributed by atoms with E-state index in [1.54, 1.807) is 0 Å². The molecule has 0 bridgehead atoms. The molecule has 1 aromatic carbocycles. The van der Waals surface area contributed by atoms with E-state index < -0.39 is 0 Å². The van der Waals surface area contributed by atoms with Gasteiger partial charge in [0, 0.05) is 0 Å². The zero-order valence-corrected chi connectivity index (χ0v) is 9.71. The lowest BCUT2D eigenvalue weighted by Gasteiger charge is -2.18. The van der Waals surface area contributed by atoms with Gasteiger partial charge in [0.2, 0.25) is 0 Å². The molecule has 0 aromatic heterocycles. The highest BCUT2D eigenvalue weighted by Crippen LogP contribution is 2.22. The van der Waals surface area contributed by atoms with Crippen molar-refractivity contribution >= 4 is 0 Å². The first-order valence-electron chi connectivity index (χ1n) is 5.16. The maximum absolute atomic E-state index is 5.30.